The third kappa shape index (κ3) is 21.6. The topological polar surface area (TPSA) is 169 Å². The molecule has 8 atom stereocenters. The standard InChI is InChI=1S/C39H73NO9/c1-3-5-7-9-11-13-15-16-18-19-21-23-25-27-32(42)31(30-48-39-37(46)36(45)35(44)34(29-41)49-39)40-38(47)33(43)28-26-24-22-20-17-14-12-10-8-6-4-2/h18-19,25,27,31-37,39,41-46H,3-17,20-24,26,28-30H2,1-2H3,(H,40,47)/b19-18-,27-25+/t31-,32+,33+,34+,35+,36-,37+,39+/m0/s1. The van der Waals surface area contributed by atoms with Crippen molar-refractivity contribution in [3.63, 3.8) is 0 Å². The van der Waals surface area contributed by atoms with Gasteiger partial charge in [0.25, 0.3) is 0 Å². The van der Waals surface area contributed by atoms with E-state index < -0.39 is 61.5 Å². The van der Waals surface area contributed by atoms with E-state index in [1.165, 1.54) is 89.9 Å². The third-order valence-electron chi connectivity index (χ3n) is 9.39. The lowest BCUT2D eigenvalue weighted by Crippen LogP contribution is -2.60. The molecule has 0 aromatic carbocycles. The van der Waals surface area contributed by atoms with Gasteiger partial charge in [0.15, 0.2) is 6.29 Å². The summed E-state index contributed by atoms with van der Waals surface area (Å²) in [7, 11) is 0. The second kappa shape index (κ2) is 30.3. The van der Waals surface area contributed by atoms with Crippen LogP contribution >= 0.6 is 0 Å². The lowest BCUT2D eigenvalue weighted by Gasteiger charge is -2.40. The van der Waals surface area contributed by atoms with Crippen LogP contribution in [0.5, 0.6) is 0 Å². The van der Waals surface area contributed by atoms with Crippen LogP contribution in [-0.4, -0.2) is 98.7 Å². The van der Waals surface area contributed by atoms with E-state index in [1.54, 1.807) is 6.08 Å². The van der Waals surface area contributed by atoms with Crippen molar-refractivity contribution in [2.75, 3.05) is 13.2 Å². The van der Waals surface area contributed by atoms with E-state index >= 15 is 0 Å². The molecule has 7 N–H and O–H groups in total. The molecule has 1 amide bonds. The Labute approximate surface area is 297 Å². The Hall–Kier alpha value is -1.37. The average molecular weight is 700 g/mol. The van der Waals surface area contributed by atoms with Crippen LogP contribution in [0.1, 0.15) is 155 Å². The lowest BCUT2D eigenvalue weighted by molar-refractivity contribution is -0.302. The first kappa shape index (κ1) is 45.7. The molecule has 1 rings (SSSR count). The molecule has 1 aliphatic rings. The van der Waals surface area contributed by atoms with Crippen LogP contribution in [0.4, 0.5) is 0 Å². The number of amides is 1. The summed E-state index contributed by atoms with van der Waals surface area (Å²) in [5.74, 6) is -0.629. The lowest BCUT2D eigenvalue weighted by atomic mass is 9.99. The van der Waals surface area contributed by atoms with E-state index in [1.807, 2.05) is 6.08 Å². The van der Waals surface area contributed by atoms with Gasteiger partial charge in [-0.15, -0.1) is 0 Å². The zero-order chi connectivity index (χ0) is 36.1. The molecular formula is C39H73NO9. The number of rotatable bonds is 31. The summed E-state index contributed by atoms with van der Waals surface area (Å²) in [6.07, 6.45) is 22.7. The minimum atomic E-state index is -1.61. The van der Waals surface area contributed by atoms with Crippen LogP contribution in [0, 0.1) is 0 Å². The molecule has 49 heavy (non-hydrogen) atoms. The van der Waals surface area contributed by atoms with Gasteiger partial charge in [-0.25, -0.2) is 0 Å². The summed E-state index contributed by atoms with van der Waals surface area (Å²) in [4.78, 5) is 12.9. The SMILES string of the molecule is CCCCCCCCC/C=C\CC/C=C/[C@@H](O)[C@H](CO[C@@H]1O[C@H](CO)[C@@H](O)[C@H](O)[C@H]1O)NC(=O)[C@H](O)CCCCCCCCCCCCC. The zero-order valence-corrected chi connectivity index (χ0v) is 30.8. The molecule has 10 nitrogen and oxygen atoms in total. The fourth-order valence-corrected chi connectivity index (χ4v) is 6.06. The molecule has 0 aromatic rings. The van der Waals surface area contributed by atoms with Crippen molar-refractivity contribution >= 4 is 5.91 Å². The minimum absolute atomic E-state index is 0.306. The van der Waals surface area contributed by atoms with Gasteiger partial charge in [-0.05, 0) is 32.1 Å². The molecule has 288 valence electrons. The summed E-state index contributed by atoms with van der Waals surface area (Å²) in [5.41, 5.74) is 0. The van der Waals surface area contributed by atoms with Crippen LogP contribution < -0.4 is 5.32 Å². The van der Waals surface area contributed by atoms with Crippen LogP contribution in [0.25, 0.3) is 0 Å². The van der Waals surface area contributed by atoms with Gasteiger partial charge in [0.1, 0.15) is 30.5 Å². The molecular weight excluding hydrogens is 626 g/mol. The Bertz CT molecular complexity index is 839. The molecule has 0 aromatic heterocycles. The van der Waals surface area contributed by atoms with Crippen molar-refractivity contribution in [2.24, 2.45) is 0 Å². The predicted octanol–water partition coefficient (Wildman–Crippen LogP) is 5.74. The van der Waals surface area contributed by atoms with Crippen molar-refractivity contribution in [3.05, 3.63) is 24.3 Å². The van der Waals surface area contributed by atoms with Gasteiger partial charge in [0, 0.05) is 0 Å². The van der Waals surface area contributed by atoms with E-state index in [0.717, 1.165) is 32.1 Å². The Morgan fingerprint density at radius 2 is 1.20 bits per heavy atom. The number of nitrogens with one attached hydrogen (secondary N) is 1. The number of ether oxygens (including phenoxy) is 2. The number of allylic oxidation sites excluding steroid dienone is 3. The summed E-state index contributed by atoms with van der Waals surface area (Å²) in [6, 6.07) is -0.990. The molecule has 0 bridgehead atoms. The molecule has 1 aliphatic heterocycles. The third-order valence-corrected chi connectivity index (χ3v) is 9.39. The highest BCUT2D eigenvalue weighted by Crippen LogP contribution is 2.22. The fraction of sp³-hybridized carbons (Fsp3) is 0.872. The van der Waals surface area contributed by atoms with E-state index in [9.17, 15) is 35.4 Å². The first-order chi connectivity index (χ1) is 23.8. The average Bonchev–Trinajstić information content (AvgIpc) is 3.10. The van der Waals surface area contributed by atoms with E-state index in [4.69, 9.17) is 9.47 Å². The van der Waals surface area contributed by atoms with E-state index in [-0.39, 0.29) is 6.61 Å². The van der Waals surface area contributed by atoms with Crippen molar-refractivity contribution < 1.29 is 44.9 Å². The first-order valence-electron chi connectivity index (χ1n) is 19.7. The smallest absolute Gasteiger partial charge is 0.249 e. The van der Waals surface area contributed by atoms with Gasteiger partial charge in [0.2, 0.25) is 5.91 Å². The number of hydrogen-bond acceptors (Lipinski definition) is 9. The summed E-state index contributed by atoms with van der Waals surface area (Å²) >= 11 is 0. The highest BCUT2D eigenvalue weighted by atomic mass is 16.7. The molecule has 0 radical (unpaired) electrons. The number of unbranched alkanes of at least 4 members (excludes halogenated alkanes) is 18. The Kier molecular flexibility index (Phi) is 28.2. The number of hydrogen-bond donors (Lipinski definition) is 7. The highest BCUT2D eigenvalue weighted by molar-refractivity contribution is 5.80. The number of aliphatic hydroxyl groups is 6. The van der Waals surface area contributed by atoms with Gasteiger partial charge in [-0.2, -0.15) is 0 Å². The molecule has 1 saturated heterocycles. The molecule has 1 heterocycles. The summed E-state index contributed by atoms with van der Waals surface area (Å²) in [5, 5.41) is 64.2. The normalized spacial score (nSPS) is 23.3. The largest absolute Gasteiger partial charge is 0.394 e. The maximum Gasteiger partial charge on any atom is 0.249 e. The van der Waals surface area contributed by atoms with Crippen LogP contribution in [0.15, 0.2) is 24.3 Å². The monoisotopic (exact) mass is 700 g/mol. The fourth-order valence-electron chi connectivity index (χ4n) is 6.06. The Morgan fingerprint density at radius 1 is 0.694 bits per heavy atom. The number of aliphatic hydroxyl groups excluding tert-OH is 6. The minimum Gasteiger partial charge on any atom is -0.394 e. The van der Waals surface area contributed by atoms with Gasteiger partial charge in [0.05, 0.1) is 25.4 Å². The van der Waals surface area contributed by atoms with Crippen LogP contribution in [0.2, 0.25) is 0 Å². The first-order valence-corrected chi connectivity index (χ1v) is 19.7. The van der Waals surface area contributed by atoms with Gasteiger partial charge < -0.3 is 45.4 Å². The van der Waals surface area contributed by atoms with Crippen molar-refractivity contribution in [1.29, 1.82) is 0 Å². The maximum absolute atomic E-state index is 12.9. The number of carbonyl (C=O) groups is 1. The van der Waals surface area contributed by atoms with Crippen LogP contribution in [0.3, 0.4) is 0 Å². The molecule has 0 aliphatic carbocycles. The van der Waals surface area contributed by atoms with Gasteiger partial charge in [-0.3, -0.25) is 4.79 Å². The highest BCUT2D eigenvalue weighted by Gasteiger charge is 2.44. The van der Waals surface area contributed by atoms with Gasteiger partial charge >= 0.3 is 0 Å². The predicted molar refractivity (Wildman–Crippen MR) is 195 cm³/mol. The Morgan fingerprint density at radius 3 is 1.78 bits per heavy atom. The molecule has 0 saturated carbocycles. The molecule has 1 fully saturated rings. The second-order valence-corrected chi connectivity index (χ2v) is 13.9. The summed E-state index contributed by atoms with van der Waals surface area (Å²) in [6.45, 7) is 3.53. The zero-order valence-electron chi connectivity index (χ0n) is 30.8. The quantitative estimate of drug-likeness (QED) is 0.0352. The van der Waals surface area contributed by atoms with Crippen LogP contribution in [-0.2, 0) is 14.3 Å². The molecule has 0 unspecified atom stereocenters. The summed E-state index contributed by atoms with van der Waals surface area (Å²) < 4.78 is 11.1. The van der Waals surface area contributed by atoms with Crippen molar-refractivity contribution in [1.82, 2.24) is 5.32 Å². The van der Waals surface area contributed by atoms with Gasteiger partial charge in [-0.1, -0.05) is 147 Å². The van der Waals surface area contributed by atoms with Crippen molar-refractivity contribution in [3.8, 4) is 0 Å². The molecule has 10 heteroatoms. The van der Waals surface area contributed by atoms with E-state index in [0.29, 0.717) is 19.3 Å². The maximum atomic E-state index is 12.9. The van der Waals surface area contributed by atoms with E-state index in [2.05, 4.69) is 31.3 Å². The Balaban J connectivity index is 2.56. The van der Waals surface area contributed by atoms with Crippen molar-refractivity contribution in [2.45, 2.75) is 204 Å². The number of carbonyl (C=O) groups excluding carboxylic acids is 1. The second-order valence-electron chi connectivity index (χ2n) is 13.9. The molecule has 0 spiro atoms.